The van der Waals surface area contributed by atoms with Gasteiger partial charge in [0.2, 0.25) is 5.28 Å². The monoisotopic (exact) mass is 321 g/mol. The van der Waals surface area contributed by atoms with Gasteiger partial charge in [0.25, 0.3) is 0 Å². The number of halogens is 2. The molecule has 108 valence electrons. The molecule has 0 aliphatic carbocycles. The van der Waals surface area contributed by atoms with Crippen LogP contribution in [0.2, 0.25) is 5.28 Å². The number of rotatable bonds is 4. The van der Waals surface area contributed by atoms with Gasteiger partial charge in [-0.25, -0.2) is 14.4 Å². The van der Waals surface area contributed by atoms with Gasteiger partial charge in [0, 0.05) is 11.4 Å². The maximum atomic E-state index is 13.6. The first-order valence-electron chi connectivity index (χ1n) is 6.54. The van der Waals surface area contributed by atoms with Crippen LogP contribution in [-0.4, -0.2) is 16.5 Å². The number of hydrogen-bond donors (Lipinski definition) is 1. The van der Waals surface area contributed by atoms with Crippen molar-refractivity contribution in [1.29, 1.82) is 0 Å². The Labute approximate surface area is 130 Å². The first-order valence-corrected chi connectivity index (χ1v) is 7.74. The molecule has 0 saturated heterocycles. The second-order valence-corrected chi connectivity index (χ2v) is 6.26. The fourth-order valence-electron chi connectivity index (χ4n) is 2.17. The molecule has 0 amide bonds. The van der Waals surface area contributed by atoms with Gasteiger partial charge >= 0.3 is 0 Å². The van der Waals surface area contributed by atoms with Gasteiger partial charge in [-0.2, -0.15) is 0 Å². The van der Waals surface area contributed by atoms with Crippen LogP contribution in [0.5, 0.6) is 0 Å². The van der Waals surface area contributed by atoms with Crippen molar-refractivity contribution in [3.8, 4) is 0 Å². The third kappa shape index (κ3) is 3.14. The molecule has 2 aromatic heterocycles. The number of anilines is 1. The van der Waals surface area contributed by atoms with Crippen molar-refractivity contribution < 1.29 is 4.39 Å². The van der Waals surface area contributed by atoms with Crippen molar-refractivity contribution in [2.45, 2.75) is 13.3 Å². The summed E-state index contributed by atoms with van der Waals surface area (Å²) in [6.45, 7) is 2.60. The van der Waals surface area contributed by atoms with Crippen LogP contribution in [-0.2, 0) is 6.42 Å². The summed E-state index contributed by atoms with van der Waals surface area (Å²) in [4.78, 5) is 10.4. The van der Waals surface area contributed by atoms with Gasteiger partial charge in [-0.15, -0.1) is 11.3 Å². The Balaban J connectivity index is 1.78. The summed E-state index contributed by atoms with van der Waals surface area (Å²) in [6.07, 6.45) is 0.582. The zero-order valence-electron chi connectivity index (χ0n) is 11.4. The SMILES string of the molecule is Cc1cc2c(NCCc3ccccc3F)nc(Cl)nc2s1. The van der Waals surface area contributed by atoms with Gasteiger partial charge in [-0.1, -0.05) is 18.2 Å². The molecule has 0 bridgehead atoms. The first kappa shape index (κ1) is 14.2. The van der Waals surface area contributed by atoms with Gasteiger partial charge in [0.05, 0.1) is 5.39 Å². The Bertz CT molecular complexity index is 788. The number of aryl methyl sites for hydroxylation is 1. The summed E-state index contributed by atoms with van der Waals surface area (Å²) in [6, 6.07) is 8.81. The van der Waals surface area contributed by atoms with E-state index in [0.29, 0.717) is 24.3 Å². The standard InChI is InChI=1S/C15H13ClFN3S/c1-9-8-11-13(19-15(16)20-14(11)21-9)18-7-6-10-4-2-3-5-12(10)17/h2-5,8H,6-7H2,1H3,(H,18,19,20). The van der Waals surface area contributed by atoms with E-state index in [1.807, 2.05) is 19.1 Å². The van der Waals surface area contributed by atoms with Crippen molar-refractivity contribution in [2.24, 2.45) is 0 Å². The fraction of sp³-hybridized carbons (Fsp3) is 0.200. The molecule has 1 aromatic carbocycles. The van der Waals surface area contributed by atoms with Crippen molar-refractivity contribution in [2.75, 3.05) is 11.9 Å². The minimum atomic E-state index is -0.184. The Morgan fingerprint density at radius 3 is 2.90 bits per heavy atom. The molecule has 0 spiro atoms. The molecule has 2 heterocycles. The lowest BCUT2D eigenvalue weighted by Gasteiger charge is -2.07. The molecule has 6 heteroatoms. The van der Waals surface area contributed by atoms with Crippen molar-refractivity contribution >= 4 is 39.0 Å². The molecule has 0 saturated carbocycles. The zero-order valence-corrected chi connectivity index (χ0v) is 12.9. The molecule has 3 nitrogen and oxygen atoms in total. The van der Waals surface area contributed by atoms with Crippen LogP contribution < -0.4 is 5.32 Å². The van der Waals surface area contributed by atoms with Gasteiger partial charge in [0.15, 0.2) is 0 Å². The Kier molecular flexibility index (Phi) is 4.03. The van der Waals surface area contributed by atoms with Crippen LogP contribution in [0.4, 0.5) is 10.2 Å². The van der Waals surface area contributed by atoms with Crippen molar-refractivity contribution in [1.82, 2.24) is 9.97 Å². The molecule has 0 aliphatic heterocycles. The van der Waals surface area contributed by atoms with E-state index in [1.165, 1.54) is 6.07 Å². The molecule has 0 radical (unpaired) electrons. The van der Waals surface area contributed by atoms with Gasteiger partial charge in [0.1, 0.15) is 16.5 Å². The number of nitrogens with one attached hydrogen (secondary N) is 1. The predicted molar refractivity (Wildman–Crippen MR) is 85.8 cm³/mol. The predicted octanol–water partition coefficient (Wildman–Crippen LogP) is 4.45. The van der Waals surface area contributed by atoms with E-state index in [2.05, 4.69) is 15.3 Å². The Morgan fingerprint density at radius 2 is 2.10 bits per heavy atom. The summed E-state index contributed by atoms with van der Waals surface area (Å²) >= 11 is 7.52. The number of hydrogen-bond acceptors (Lipinski definition) is 4. The summed E-state index contributed by atoms with van der Waals surface area (Å²) in [5.41, 5.74) is 0.683. The molecular weight excluding hydrogens is 309 g/mol. The summed E-state index contributed by atoms with van der Waals surface area (Å²) in [5.74, 6) is 0.516. The lowest BCUT2D eigenvalue weighted by atomic mass is 10.1. The normalized spacial score (nSPS) is 11.0. The number of aromatic nitrogens is 2. The summed E-state index contributed by atoms with van der Waals surface area (Å²) in [5, 5.41) is 4.40. The van der Waals surface area contributed by atoms with Gasteiger partial charge in [-0.3, -0.25) is 0 Å². The van der Waals surface area contributed by atoms with Crippen LogP contribution in [0.3, 0.4) is 0 Å². The van der Waals surface area contributed by atoms with E-state index < -0.39 is 0 Å². The maximum absolute atomic E-state index is 13.6. The lowest BCUT2D eigenvalue weighted by molar-refractivity contribution is 0.610. The molecule has 21 heavy (non-hydrogen) atoms. The van der Waals surface area contributed by atoms with Crippen LogP contribution in [0, 0.1) is 12.7 Å². The molecule has 3 rings (SSSR count). The molecule has 0 fully saturated rings. The van der Waals surface area contributed by atoms with E-state index in [1.54, 1.807) is 23.5 Å². The quantitative estimate of drug-likeness (QED) is 0.722. The first-order chi connectivity index (χ1) is 10.1. The highest BCUT2D eigenvalue weighted by molar-refractivity contribution is 7.18. The average Bonchev–Trinajstić information content (AvgIpc) is 2.81. The van der Waals surface area contributed by atoms with Crippen molar-refractivity contribution in [3.63, 3.8) is 0 Å². The largest absolute Gasteiger partial charge is 0.369 e. The molecule has 3 aromatic rings. The molecule has 0 unspecified atom stereocenters. The lowest BCUT2D eigenvalue weighted by Crippen LogP contribution is -2.08. The van der Waals surface area contributed by atoms with E-state index in [0.717, 1.165) is 15.1 Å². The Morgan fingerprint density at radius 1 is 1.29 bits per heavy atom. The van der Waals surface area contributed by atoms with Crippen LogP contribution in [0.1, 0.15) is 10.4 Å². The van der Waals surface area contributed by atoms with E-state index in [9.17, 15) is 4.39 Å². The third-order valence-electron chi connectivity index (χ3n) is 3.13. The Hall–Kier alpha value is -1.72. The second kappa shape index (κ2) is 5.95. The maximum Gasteiger partial charge on any atom is 0.225 e. The smallest absolute Gasteiger partial charge is 0.225 e. The second-order valence-electron chi connectivity index (χ2n) is 4.69. The minimum Gasteiger partial charge on any atom is -0.369 e. The average molecular weight is 322 g/mol. The molecular formula is C15H13ClFN3S. The van der Waals surface area contributed by atoms with Crippen LogP contribution in [0.25, 0.3) is 10.2 Å². The minimum absolute atomic E-state index is 0.184. The van der Waals surface area contributed by atoms with Crippen LogP contribution in [0.15, 0.2) is 30.3 Å². The number of nitrogens with zero attached hydrogens (tertiary/aromatic N) is 2. The molecule has 0 atom stereocenters. The highest BCUT2D eigenvalue weighted by atomic mass is 35.5. The summed E-state index contributed by atoms with van der Waals surface area (Å²) in [7, 11) is 0. The van der Waals surface area contributed by atoms with E-state index in [4.69, 9.17) is 11.6 Å². The number of fused-ring (bicyclic) bond motifs is 1. The molecule has 1 N–H and O–H groups in total. The topological polar surface area (TPSA) is 37.8 Å². The molecule has 0 aliphatic rings. The highest BCUT2D eigenvalue weighted by Crippen LogP contribution is 2.29. The number of benzene rings is 1. The highest BCUT2D eigenvalue weighted by Gasteiger charge is 2.09. The van der Waals surface area contributed by atoms with Gasteiger partial charge in [-0.05, 0) is 42.6 Å². The summed E-state index contributed by atoms with van der Waals surface area (Å²) < 4.78 is 13.6. The van der Waals surface area contributed by atoms with E-state index >= 15 is 0 Å². The van der Waals surface area contributed by atoms with Gasteiger partial charge < -0.3 is 5.32 Å². The van der Waals surface area contributed by atoms with E-state index in [-0.39, 0.29) is 11.1 Å². The number of thiophene rings is 1. The fourth-order valence-corrected chi connectivity index (χ4v) is 3.27. The third-order valence-corrected chi connectivity index (χ3v) is 4.25. The zero-order chi connectivity index (χ0) is 14.8. The van der Waals surface area contributed by atoms with Crippen molar-refractivity contribution in [3.05, 3.63) is 51.9 Å². The van der Waals surface area contributed by atoms with Crippen LogP contribution >= 0.6 is 22.9 Å².